The van der Waals surface area contributed by atoms with Gasteiger partial charge in [0.05, 0.1) is 19.2 Å². The van der Waals surface area contributed by atoms with Gasteiger partial charge < -0.3 is 9.64 Å². The fourth-order valence-electron chi connectivity index (χ4n) is 2.26. The average molecular weight is 272 g/mol. The minimum atomic E-state index is -0.114. The first kappa shape index (κ1) is 14.4. The molecule has 1 aliphatic heterocycles. The second-order valence-electron chi connectivity index (χ2n) is 6.12. The van der Waals surface area contributed by atoms with Gasteiger partial charge in [0.15, 0.2) is 0 Å². The first-order valence-corrected chi connectivity index (χ1v) is 6.82. The number of carbonyl (C=O) groups excluding carboxylic acids is 1. The molecule has 0 unspecified atom stereocenters. The van der Waals surface area contributed by atoms with Crippen LogP contribution in [-0.4, -0.2) is 30.0 Å². The molecule has 0 N–H and O–H groups in total. The Hall–Kier alpha value is -2.02. The number of benzene rings is 1. The van der Waals surface area contributed by atoms with Gasteiger partial charge in [-0.15, -0.1) is 0 Å². The zero-order chi connectivity index (χ0) is 14.8. The van der Waals surface area contributed by atoms with Crippen molar-refractivity contribution >= 4 is 5.91 Å². The summed E-state index contributed by atoms with van der Waals surface area (Å²) in [5.41, 5.74) is 1.19. The molecular formula is C16H20N2O2. The lowest BCUT2D eigenvalue weighted by atomic mass is 9.86. The highest BCUT2D eigenvalue weighted by molar-refractivity contribution is 5.79. The van der Waals surface area contributed by atoms with E-state index in [1.807, 2.05) is 24.3 Å². The van der Waals surface area contributed by atoms with Crippen molar-refractivity contribution in [2.75, 3.05) is 13.1 Å². The van der Waals surface area contributed by atoms with Crippen LogP contribution in [0.25, 0.3) is 0 Å². The highest BCUT2D eigenvalue weighted by Gasteiger charge is 2.32. The molecule has 0 atom stereocenters. The van der Waals surface area contributed by atoms with Crippen molar-refractivity contribution in [2.45, 2.75) is 38.7 Å². The van der Waals surface area contributed by atoms with Crippen LogP contribution in [0, 0.1) is 11.3 Å². The van der Waals surface area contributed by atoms with Crippen molar-refractivity contribution < 1.29 is 9.53 Å². The number of carbonyl (C=O) groups is 1. The lowest BCUT2D eigenvalue weighted by Crippen LogP contribution is -2.56. The zero-order valence-electron chi connectivity index (χ0n) is 12.2. The van der Waals surface area contributed by atoms with Crippen molar-refractivity contribution in [1.82, 2.24) is 4.90 Å². The van der Waals surface area contributed by atoms with Crippen LogP contribution >= 0.6 is 0 Å². The molecule has 0 saturated carbocycles. The molecule has 1 amide bonds. The van der Waals surface area contributed by atoms with Gasteiger partial charge in [0.25, 0.3) is 0 Å². The predicted molar refractivity (Wildman–Crippen MR) is 76.4 cm³/mol. The Morgan fingerprint density at radius 1 is 1.40 bits per heavy atom. The minimum absolute atomic E-state index is 0.0245. The third-order valence-electron chi connectivity index (χ3n) is 3.42. The lowest BCUT2D eigenvalue weighted by Gasteiger charge is -2.39. The van der Waals surface area contributed by atoms with Crippen LogP contribution in [0.3, 0.4) is 0 Å². The maximum atomic E-state index is 11.5. The van der Waals surface area contributed by atoms with Crippen LogP contribution < -0.4 is 4.74 Å². The molecule has 4 heteroatoms. The molecule has 0 spiro atoms. The van der Waals surface area contributed by atoms with Crippen LogP contribution in [0.2, 0.25) is 0 Å². The largest absolute Gasteiger partial charge is 0.486 e. The third kappa shape index (κ3) is 3.11. The Labute approximate surface area is 120 Å². The molecule has 20 heavy (non-hydrogen) atoms. The summed E-state index contributed by atoms with van der Waals surface area (Å²) in [7, 11) is 0. The van der Waals surface area contributed by atoms with E-state index in [0.717, 1.165) is 5.75 Å². The standard InChI is InChI=1S/C16H20N2O2/c1-16(2,3)13-6-4-5-7-14(13)20-12-10-18(11-12)15(19)8-9-17/h4-7,12H,8,10-11H2,1-3H3. The number of nitrogens with zero attached hydrogens (tertiary/aromatic N) is 2. The lowest BCUT2D eigenvalue weighted by molar-refractivity contribution is -0.138. The summed E-state index contributed by atoms with van der Waals surface area (Å²) < 4.78 is 5.99. The quantitative estimate of drug-likeness (QED) is 0.849. The molecule has 4 nitrogen and oxygen atoms in total. The molecule has 1 saturated heterocycles. The Morgan fingerprint density at radius 2 is 2.05 bits per heavy atom. The second-order valence-corrected chi connectivity index (χ2v) is 6.12. The Bertz CT molecular complexity index is 534. The normalized spacial score (nSPS) is 15.4. The fourth-order valence-corrected chi connectivity index (χ4v) is 2.26. The van der Waals surface area contributed by atoms with E-state index in [9.17, 15) is 4.79 Å². The van der Waals surface area contributed by atoms with Crippen LogP contribution in [0.15, 0.2) is 24.3 Å². The summed E-state index contributed by atoms with van der Waals surface area (Å²) in [6, 6.07) is 9.90. The zero-order valence-corrected chi connectivity index (χ0v) is 12.2. The summed E-state index contributed by atoms with van der Waals surface area (Å²) in [6.07, 6.45) is -0.0215. The number of hydrogen-bond donors (Lipinski definition) is 0. The minimum Gasteiger partial charge on any atom is -0.486 e. The first-order valence-electron chi connectivity index (χ1n) is 6.82. The fraction of sp³-hybridized carbons (Fsp3) is 0.500. The third-order valence-corrected chi connectivity index (χ3v) is 3.42. The van der Waals surface area contributed by atoms with Gasteiger partial charge in [0.1, 0.15) is 18.3 Å². The number of hydrogen-bond acceptors (Lipinski definition) is 3. The van der Waals surface area contributed by atoms with Gasteiger partial charge >= 0.3 is 0 Å². The van der Waals surface area contributed by atoms with E-state index in [-0.39, 0.29) is 23.8 Å². The Kier molecular flexibility index (Phi) is 3.99. The molecular weight excluding hydrogens is 252 g/mol. The van der Waals surface area contributed by atoms with Gasteiger partial charge in [-0.05, 0) is 17.0 Å². The molecule has 1 fully saturated rings. The molecule has 0 aliphatic carbocycles. The maximum absolute atomic E-state index is 11.5. The topological polar surface area (TPSA) is 53.3 Å². The molecule has 0 bridgehead atoms. The van der Waals surface area contributed by atoms with Crippen molar-refractivity contribution in [1.29, 1.82) is 5.26 Å². The number of likely N-dealkylation sites (tertiary alicyclic amines) is 1. The molecule has 106 valence electrons. The van der Waals surface area contributed by atoms with E-state index >= 15 is 0 Å². The second kappa shape index (κ2) is 5.54. The summed E-state index contributed by atoms with van der Waals surface area (Å²) in [5, 5.41) is 8.50. The number of rotatable bonds is 3. The number of amides is 1. The van der Waals surface area contributed by atoms with Crippen molar-refractivity contribution in [3.05, 3.63) is 29.8 Å². The van der Waals surface area contributed by atoms with Gasteiger partial charge in [-0.25, -0.2) is 0 Å². The van der Waals surface area contributed by atoms with E-state index in [2.05, 4.69) is 26.8 Å². The Balaban J connectivity index is 1.97. The number of ether oxygens (including phenoxy) is 1. The van der Waals surface area contributed by atoms with Gasteiger partial charge in [0.2, 0.25) is 5.91 Å². The molecule has 1 aliphatic rings. The van der Waals surface area contributed by atoms with Gasteiger partial charge in [-0.3, -0.25) is 4.79 Å². The number of nitriles is 1. The van der Waals surface area contributed by atoms with Crippen LogP contribution in [0.4, 0.5) is 0 Å². The molecule has 1 aromatic carbocycles. The molecule has 1 heterocycles. The van der Waals surface area contributed by atoms with E-state index in [0.29, 0.717) is 13.1 Å². The highest BCUT2D eigenvalue weighted by atomic mass is 16.5. The van der Waals surface area contributed by atoms with Crippen molar-refractivity contribution in [2.24, 2.45) is 0 Å². The predicted octanol–water partition coefficient (Wildman–Crippen LogP) is 2.49. The summed E-state index contributed by atoms with van der Waals surface area (Å²) in [6.45, 7) is 7.59. The van der Waals surface area contributed by atoms with E-state index in [1.165, 1.54) is 5.56 Å². The van der Waals surface area contributed by atoms with Crippen LogP contribution in [0.5, 0.6) is 5.75 Å². The summed E-state index contributed by atoms with van der Waals surface area (Å²) in [5.74, 6) is 0.772. The summed E-state index contributed by atoms with van der Waals surface area (Å²) >= 11 is 0. The van der Waals surface area contributed by atoms with E-state index in [4.69, 9.17) is 10.00 Å². The average Bonchev–Trinajstić information content (AvgIpc) is 2.32. The van der Waals surface area contributed by atoms with Crippen LogP contribution in [-0.2, 0) is 10.2 Å². The Morgan fingerprint density at radius 3 is 2.65 bits per heavy atom. The highest BCUT2D eigenvalue weighted by Crippen LogP contribution is 2.32. The molecule has 2 rings (SSSR count). The molecule has 1 aromatic rings. The maximum Gasteiger partial charge on any atom is 0.237 e. The summed E-state index contributed by atoms with van der Waals surface area (Å²) in [4.78, 5) is 13.2. The first-order chi connectivity index (χ1) is 9.41. The van der Waals surface area contributed by atoms with Crippen molar-refractivity contribution in [3.8, 4) is 11.8 Å². The van der Waals surface area contributed by atoms with E-state index in [1.54, 1.807) is 4.90 Å². The molecule has 0 aromatic heterocycles. The van der Waals surface area contributed by atoms with Gasteiger partial charge in [-0.2, -0.15) is 5.26 Å². The van der Waals surface area contributed by atoms with Crippen molar-refractivity contribution in [3.63, 3.8) is 0 Å². The van der Waals surface area contributed by atoms with Crippen LogP contribution in [0.1, 0.15) is 32.8 Å². The molecule has 0 radical (unpaired) electrons. The van der Waals surface area contributed by atoms with Gasteiger partial charge in [-0.1, -0.05) is 39.0 Å². The SMILES string of the molecule is CC(C)(C)c1ccccc1OC1CN(C(=O)CC#N)C1. The van der Waals surface area contributed by atoms with Gasteiger partial charge in [0, 0.05) is 0 Å². The van der Waals surface area contributed by atoms with E-state index < -0.39 is 0 Å². The number of para-hydroxylation sites is 1. The smallest absolute Gasteiger partial charge is 0.237 e. The monoisotopic (exact) mass is 272 g/mol.